The Morgan fingerprint density at radius 1 is 1.27 bits per heavy atom. The van der Waals surface area contributed by atoms with Crippen molar-refractivity contribution in [2.75, 3.05) is 0 Å². The van der Waals surface area contributed by atoms with Crippen molar-refractivity contribution in [3.63, 3.8) is 0 Å². The second-order valence-corrected chi connectivity index (χ2v) is 2.98. The summed E-state index contributed by atoms with van der Waals surface area (Å²) >= 11 is 0. The normalized spacial score (nSPS) is 10.1. The molecule has 0 aliphatic carbocycles. The summed E-state index contributed by atoms with van der Waals surface area (Å²) in [5, 5.41) is 0. The molecule has 0 aromatic heterocycles. The first-order chi connectivity index (χ1) is 5.15. The Balaban J connectivity index is 3.21. The van der Waals surface area contributed by atoms with Crippen molar-refractivity contribution in [1.29, 1.82) is 0 Å². The third-order valence-corrected chi connectivity index (χ3v) is 2.18. The van der Waals surface area contributed by atoms with E-state index in [0.717, 1.165) is 11.9 Å². The highest BCUT2D eigenvalue weighted by molar-refractivity contribution is 6.33. The molecule has 1 heteroatoms. The predicted molar refractivity (Wildman–Crippen MR) is 50.7 cm³/mol. The summed E-state index contributed by atoms with van der Waals surface area (Å²) in [4.78, 5) is 0. The largest absolute Gasteiger partial charge is 0.114 e. The first-order valence-electron chi connectivity index (χ1n) is 4.00. The van der Waals surface area contributed by atoms with Crippen molar-refractivity contribution in [3.8, 4) is 0 Å². The molecule has 11 heavy (non-hydrogen) atoms. The summed E-state index contributed by atoms with van der Waals surface area (Å²) < 4.78 is 0. The van der Waals surface area contributed by atoms with Crippen LogP contribution in [0, 0.1) is 13.8 Å². The molecular weight excluding hydrogens is 131 g/mol. The highest BCUT2D eigenvalue weighted by Crippen LogP contribution is 2.07. The lowest BCUT2D eigenvalue weighted by atomic mass is 9.86. The average Bonchev–Trinajstić information content (AvgIpc) is 1.99. The van der Waals surface area contributed by atoms with Crippen LogP contribution in [0.5, 0.6) is 0 Å². The van der Waals surface area contributed by atoms with Crippen LogP contribution in [0.1, 0.15) is 23.6 Å². The molecule has 0 aliphatic rings. The topological polar surface area (TPSA) is 0 Å². The van der Waals surface area contributed by atoms with E-state index in [-0.39, 0.29) is 0 Å². The third-order valence-electron chi connectivity index (χ3n) is 2.18. The van der Waals surface area contributed by atoms with E-state index in [0.29, 0.717) is 0 Å². The van der Waals surface area contributed by atoms with Gasteiger partial charge in [0.1, 0.15) is 7.85 Å². The standard InChI is InChI=1S/C10H13B/c1-4-9-5-7(2)8(3)10(11)6-9/h5-6H,4H2,1-3H3. The van der Waals surface area contributed by atoms with E-state index in [1.807, 2.05) is 0 Å². The van der Waals surface area contributed by atoms with E-state index in [2.05, 4.69) is 32.9 Å². The summed E-state index contributed by atoms with van der Waals surface area (Å²) in [6.45, 7) is 6.30. The van der Waals surface area contributed by atoms with E-state index in [1.54, 1.807) is 0 Å². The highest BCUT2D eigenvalue weighted by atomic mass is 14.0. The van der Waals surface area contributed by atoms with Crippen LogP contribution in [0.25, 0.3) is 0 Å². The highest BCUT2D eigenvalue weighted by Gasteiger charge is 1.97. The zero-order chi connectivity index (χ0) is 8.43. The van der Waals surface area contributed by atoms with Gasteiger partial charge in [-0.2, -0.15) is 0 Å². The molecule has 0 aliphatic heterocycles. The average molecular weight is 144 g/mol. The number of benzene rings is 1. The molecule has 0 nitrogen and oxygen atoms in total. The fourth-order valence-electron chi connectivity index (χ4n) is 1.17. The lowest BCUT2D eigenvalue weighted by Gasteiger charge is -2.07. The third kappa shape index (κ3) is 1.65. The Bertz CT molecular complexity index is 241. The molecule has 0 fully saturated rings. The van der Waals surface area contributed by atoms with E-state index in [4.69, 9.17) is 7.85 Å². The van der Waals surface area contributed by atoms with Crippen LogP contribution in [-0.4, -0.2) is 7.85 Å². The summed E-state index contributed by atoms with van der Waals surface area (Å²) in [5.41, 5.74) is 4.75. The van der Waals surface area contributed by atoms with Crippen molar-refractivity contribution in [3.05, 3.63) is 28.8 Å². The molecule has 2 radical (unpaired) electrons. The first kappa shape index (κ1) is 8.38. The Morgan fingerprint density at radius 3 is 2.36 bits per heavy atom. The molecule has 0 spiro atoms. The van der Waals surface area contributed by atoms with Crippen LogP contribution in [0.15, 0.2) is 12.1 Å². The van der Waals surface area contributed by atoms with Gasteiger partial charge < -0.3 is 0 Å². The summed E-state index contributed by atoms with van der Waals surface area (Å²) in [6.07, 6.45) is 1.06. The second kappa shape index (κ2) is 3.12. The summed E-state index contributed by atoms with van der Waals surface area (Å²) in [5.74, 6) is 0. The van der Waals surface area contributed by atoms with Gasteiger partial charge in [-0.15, -0.1) is 0 Å². The van der Waals surface area contributed by atoms with Crippen LogP contribution in [0.4, 0.5) is 0 Å². The van der Waals surface area contributed by atoms with Crippen LogP contribution < -0.4 is 5.46 Å². The lowest BCUT2D eigenvalue weighted by molar-refractivity contribution is 1.13. The maximum absolute atomic E-state index is 5.80. The zero-order valence-electron chi connectivity index (χ0n) is 7.44. The Kier molecular flexibility index (Phi) is 2.38. The van der Waals surface area contributed by atoms with Gasteiger partial charge in [0.25, 0.3) is 0 Å². The van der Waals surface area contributed by atoms with Gasteiger partial charge in [-0.3, -0.25) is 0 Å². The maximum Gasteiger partial charge on any atom is 0.114 e. The smallest absolute Gasteiger partial charge is 0.0933 e. The Morgan fingerprint density at radius 2 is 1.91 bits per heavy atom. The fraction of sp³-hybridized carbons (Fsp3) is 0.400. The van der Waals surface area contributed by atoms with Gasteiger partial charge in [-0.05, 0) is 31.4 Å². The molecule has 1 rings (SSSR count). The molecule has 0 N–H and O–H groups in total. The van der Waals surface area contributed by atoms with Gasteiger partial charge in [0, 0.05) is 0 Å². The number of hydrogen-bond acceptors (Lipinski definition) is 0. The lowest BCUT2D eigenvalue weighted by Crippen LogP contribution is -2.09. The van der Waals surface area contributed by atoms with Crippen LogP contribution >= 0.6 is 0 Å². The van der Waals surface area contributed by atoms with Crippen LogP contribution in [-0.2, 0) is 6.42 Å². The second-order valence-electron chi connectivity index (χ2n) is 2.98. The summed E-state index contributed by atoms with van der Waals surface area (Å²) in [6, 6.07) is 4.26. The van der Waals surface area contributed by atoms with E-state index in [9.17, 15) is 0 Å². The molecule has 0 unspecified atom stereocenters. The van der Waals surface area contributed by atoms with Gasteiger partial charge in [0.05, 0.1) is 0 Å². The van der Waals surface area contributed by atoms with E-state index in [1.165, 1.54) is 16.7 Å². The molecule has 0 bridgehead atoms. The van der Waals surface area contributed by atoms with Crippen molar-refractivity contribution in [1.82, 2.24) is 0 Å². The Labute approximate surface area is 70.0 Å². The van der Waals surface area contributed by atoms with Gasteiger partial charge in [0.15, 0.2) is 0 Å². The molecule has 1 aromatic carbocycles. The molecule has 56 valence electrons. The molecule has 0 amide bonds. The number of rotatable bonds is 1. The molecule has 0 heterocycles. The maximum atomic E-state index is 5.80. The minimum Gasteiger partial charge on any atom is -0.0933 e. The monoisotopic (exact) mass is 144 g/mol. The molecule has 0 saturated carbocycles. The first-order valence-corrected chi connectivity index (χ1v) is 4.00. The van der Waals surface area contributed by atoms with Gasteiger partial charge in [-0.25, -0.2) is 0 Å². The van der Waals surface area contributed by atoms with Gasteiger partial charge in [0.2, 0.25) is 0 Å². The van der Waals surface area contributed by atoms with Crippen molar-refractivity contribution in [2.24, 2.45) is 0 Å². The molecule has 0 atom stereocenters. The quantitative estimate of drug-likeness (QED) is 0.526. The van der Waals surface area contributed by atoms with E-state index < -0.39 is 0 Å². The summed E-state index contributed by atoms with van der Waals surface area (Å²) in [7, 11) is 5.80. The van der Waals surface area contributed by atoms with Crippen molar-refractivity contribution < 1.29 is 0 Å². The van der Waals surface area contributed by atoms with Crippen LogP contribution in [0.2, 0.25) is 0 Å². The number of aryl methyl sites for hydroxylation is 2. The predicted octanol–water partition coefficient (Wildman–Crippen LogP) is 1.66. The fourth-order valence-corrected chi connectivity index (χ4v) is 1.17. The van der Waals surface area contributed by atoms with Crippen LogP contribution in [0.3, 0.4) is 0 Å². The Hall–Kier alpha value is -0.715. The van der Waals surface area contributed by atoms with E-state index >= 15 is 0 Å². The minimum atomic E-state index is 0.918. The minimum absolute atomic E-state index is 0.918. The van der Waals surface area contributed by atoms with Gasteiger partial charge in [-0.1, -0.05) is 30.1 Å². The number of hydrogen-bond donors (Lipinski definition) is 0. The van der Waals surface area contributed by atoms with Gasteiger partial charge >= 0.3 is 0 Å². The molecule has 0 saturated heterocycles. The molecular formula is C10H13B. The molecule has 1 aromatic rings. The SMILES string of the molecule is [B]c1cc(CC)cc(C)c1C. The van der Waals surface area contributed by atoms with Crippen molar-refractivity contribution >= 4 is 13.3 Å². The van der Waals surface area contributed by atoms with Crippen molar-refractivity contribution in [2.45, 2.75) is 27.2 Å². The zero-order valence-corrected chi connectivity index (χ0v) is 7.44.